The number of fused-ring (bicyclic) bond motifs is 11. The highest BCUT2D eigenvalue weighted by molar-refractivity contribution is 5.98. The van der Waals surface area contributed by atoms with Crippen LogP contribution in [0.15, 0.2) is 170 Å². The lowest BCUT2D eigenvalue weighted by molar-refractivity contribution is 1.01. The van der Waals surface area contributed by atoms with E-state index in [2.05, 4.69) is 170 Å². The van der Waals surface area contributed by atoms with E-state index in [4.69, 9.17) is 0 Å². The van der Waals surface area contributed by atoms with E-state index < -0.39 is 0 Å². The number of rotatable bonds is 3. The van der Waals surface area contributed by atoms with Gasteiger partial charge in [-0.15, -0.1) is 0 Å². The first kappa shape index (κ1) is 27.0. The summed E-state index contributed by atoms with van der Waals surface area (Å²) in [4.78, 5) is 0. The molecule has 3 aliphatic carbocycles. The molecule has 3 aliphatic rings. The van der Waals surface area contributed by atoms with Crippen LogP contribution >= 0.6 is 0 Å². The highest BCUT2D eigenvalue weighted by atomic mass is 14.4. The van der Waals surface area contributed by atoms with Gasteiger partial charge in [-0.05, 0) is 118 Å². The van der Waals surface area contributed by atoms with Gasteiger partial charge in [-0.3, -0.25) is 0 Å². The highest BCUT2D eigenvalue weighted by Gasteiger charge is 2.36. The molecule has 0 saturated carbocycles. The van der Waals surface area contributed by atoms with E-state index >= 15 is 0 Å². The lowest BCUT2D eigenvalue weighted by Crippen LogP contribution is -2.00. The Labute approximate surface area is 287 Å². The van der Waals surface area contributed by atoms with Crippen molar-refractivity contribution in [2.24, 2.45) is 0 Å². The Hall–Kier alpha value is -5.98. The second kappa shape index (κ2) is 10.3. The molecule has 2 atom stereocenters. The van der Waals surface area contributed by atoms with Crippen LogP contribution in [0.2, 0.25) is 0 Å². The summed E-state index contributed by atoms with van der Waals surface area (Å²) in [5.41, 5.74) is 22.1. The lowest BCUT2D eigenvalue weighted by atomic mass is 9.87. The first-order chi connectivity index (χ1) is 24.3. The Morgan fingerprint density at radius 1 is 0.327 bits per heavy atom. The van der Waals surface area contributed by atoms with Crippen molar-refractivity contribution in [3.8, 4) is 44.5 Å². The Balaban J connectivity index is 1.11. The Morgan fingerprint density at radius 3 is 1.82 bits per heavy atom. The van der Waals surface area contributed by atoms with E-state index in [1.807, 2.05) is 0 Å². The zero-order valence-corrected chi connectivity index (χ0v) is 27.0. The summed E-state index contributed by atoms with van der Waals surface area (Å²) in [6, 6.07) is 64.0. The van der Waals surface area contributed by atoms with Crippen LogP contribution in [0.25, 0.3) is 55.3 Å². The van der Waals surface area contributed by atoms with E-state index in [9.17, 15) is 0 Å². The molecule has 228 valence electrons. The lowest BCUT2D eigenvalue weighted by Gasteiger charge is -2.16. The van der Waals surface area contributed by atoms with Crippen LogP contribution in [0, 0.1) is 0 Å². The van der Waals surface area contributed by atoms with E-state index in [0.29, 0.717) is 0 Å². The van der Waals surface area contributed by atoms with Crippen molar-refractivity contribution in [3.05, 3.63) is 214 Å². The molecule has 0 aliphatic heterocycles. The summed E-state index contributed by atoms with van der Waals surface area (Å²) in [5, 5.41) is 2.58. The van der Waals surface area contributed by atoms with Crippen LogP contribution in [0.1, 0.15) is 56.3 Å². The zero-order valence-electron chi connectivity index (χ0n) is 27.0. The van der Waals surface area contributed by atoms with Gasteiger partial charge >= 0.3 is 0 Å². The molecular formula is C49H32. The highest BCUT2D eigenvalue weighted by Crippen LogP contribution is 2.56. The molecule has 0 amide bonds. The first-order valence-electron chi connectivity index (χ1n) is 17.5. The molecule has 0 nitrogen and oxygen atoms in total. The minimum absolute atomic E-state index is 0.195. The predicted octanol–water partition coefficient (Wildman–Crippen LogP) is 12.4. The summed E-state index contributed by atoms with van der Waals surface area (Å²) < 4.78 is 0. The summed E-state index contributed by atoms with van der Waals surface area (Å²) >= 11 is 0. The fourth-order valence-electron chi connectivity index (χ4n) is 9.28. The Kier molecular flexibility index (Phi) is 5.66. The molecule has 8 aromatic rings. The summed E-state index contributed by atoms with van der Waals surface area (Å²) in [6.07, 6.45) is 1.00. The van der Waals surface area contributed by atoms with E-state index in [-0.39, 0.29) is 11.8 Å². The van der Waals surface area contributed by atoms with Gasteiger partial charge < -0.3 is 0 Å². The molecule has 0 N–H and O–H groups in total. The minimum atomic E-state index is 0.195. The van der Waals surface area contributed by atoms with Crippen molar-refractivity contribution in [2.75, 3.05) is 0 Å². The second-order valence-corrected chi connectivity index (χ2v) is 14.0. The first-order valence-corrected chi connectivity index (χ1v) is 17.5. The SMILES string of the molecule is c1ccc(C2c3ccccc3-c3cc(-c4ccc5c(c4)-c4c(ccc6c4-c4ccccc4C6)C5c4ccc5ccccc5c4)ccc32)cc1. The quantitative estimate of drug-likeness (QED) is 0.184. The molecular weight excluding hydrogens is 589 g/mol. The molecule has 0 bridgehead atoms. The third kappa shape index (κ3) is 3.92. The average molecular weight is 621 g/mol. The second-order valence-electron chi connectivity index (χ2n) is 14.0. The number of benzene rings is 8. The fraction of sp³-hybridized carbons (Fsp3) is 0.0612. The summed E-state index contributed by atoms with van der Waals surface area (Å²) in [5.74, 6) is 0.457. The van der Waals surface area contributed by atoms with Crippen LogP contribution < -0.4 is 0 Å². The van der Waals surface area contributed by atoms with Gasteiger partial charge in [0.25, 0.3) is 0 Å². The van der Waals surface area contributed by atoms with Crippen molar-refractivity contribution >= 4 is 10.8 Å². The van der Waals surface area contributed by atoms with Crippen molar-refractivity contribution in [1.82, 2.24) is 0 Å². The van der Waals surface area contributed by atoms with Crippen LogP contribution in [0.4, 0.5) is 0 Å². The molecule has 11 rings (SSSR count). The standard InChI is InChI=1S/C49H32/c1-2-11-31(12-3-1)46-40-17-9-8-16-39(40)44-28-33(20-23-41(44)46)34-21-24-42-45(29-34)49-43(25-22-37-27-35-14-6-7-15-38(35)48(37)49)47(42)36-19-18-30-10-4-5-13-32(30)26-36/h1-26,28-29,46-47H,27H2. The van der Waals surface area contributed by atoms with Crippen molar-refractivity contribution < 1.29 is 0 Å². The molecule has 2 unspecified atom stereocenters. The molecule has 49 heavy (non-hydrogen) atoms. The van der Waals surface area contributed by atoms with Gasteiger partial charge in [0, 0.05) is 11.8 Å². The molecule has 0 fully saturated rings. The predicted molar refractivity (Wildman–Crippen MR) is 203 cm³/mol. The van der Waals surface area contributed by atoms with Crippen molar-refractivity contribution in [1.29, 1.82) is 0 Å². The van der Waals surface area contributed by atoms with Gasteiger partial charge in [0.1, 0.15) is 0 Å². The topological polar surface area (TPSA) is 0 Å². The van der Waals surface area contributed by atoms with Crippen molar-refractivity contribution in [2.45, 2.75) is 18.3 Å². The molecule has 0 aromatic heterocycles. The molecule has 0 spiro atoms. The van der Waals surface area contributed by atoms with Crippen LogP contribution in [-0.4, -0.2) is 0 Å². The van der Waals surface area contributed by atoms with Gasteiger partial charge in [-0.2, -0.15) is 0 Å². The van der Waals surface area contributed by atoms with Gasteiger partial charge in [-0.25, -0.2) is 0 Å². The number of hydrogen-bond acceptors (Lipinski definition) is 0. The monoisotopic (exact) mass is 620 g/mol. The van der Waals surface area contributed by atoms with Crippen LogP contribution in [-0.2, 0) is 6.42 Å². The minimum Gasteiger partial charge on any atom is -0.0622 e. The smallest absolute Gasteiger partial charge is 0.0352 e. The van der Waals surface area contributed by atoms with E-state index in [1.54, 1.807) is 0 Å². The average Bonchev–Trinajstić information content (AvgIpc) is 3.82. The molecule has 0 heterocycles. The third-order valence-corrected chi connectivity index (χ3v) is 11.4. The maximum atomic E-state index is 2.49. The molecule has 0 radical (unpaired) electrons. The summed E-state index contributed by atoms with van der Waals surface area (Å²) in [7, 11) is 0. The normalized spacial score (nSPS) is 16.1. The van der Waals surface area contributed by atoms with Crippen molar-refractivity contribution in [3.63, 3.8) is 0 Å². The molecule has 8 aromatic carbocycles. The maximum Gasteiger partial charge on any atom is 0.0352 e. The van der Waals surface area contributed by atoms with E-state index in [0.717, 1.165) is 6.42 Å². The van der Waals surface area contributed by atoms with E-state index in [1.165, 1.54) is 99.8 Å². The molecule has 0 heteroatoms. The zero-order chi connectivity index (χ0) is 32.1. The van der Waals surface area contributed by atoms with Gasteiger partial charge in [0.2, 0.25) is 0 Å². The number of hydrogen-bond donors (Lipinski definition) is 0. The Bertz CT molecular complexity index is 2640. The van der Waals surface area contributed by atoms with Gasteiger partial charge in [0.05, 0.1) is 0 Å². The Morgan fingerprint density at radius 2 is 0.959 bits per heavy atom. The van der Waals surface area contributed by atoms with Crippen LogP contribution in [0.3, 0.4) is 0 Å². The third-order valence-electron chi connectivity index (χ3n) is 11.4. The van der Waals surface area contributed by atoms with Crippen LogP contribution in [0.5, 0.6) is 0 Å². The fourth-order valence-corrected chi connectivity index (χ4v) is 9.28. The van der Waals surface area contributed by atoms with Gasteiger partial charge in [0.15, 0.2) is 0 Å². The van der Waals surface area contributed by atoms with Gasteiger partial charge in [-0.1, -0.05) is 158 Å². The largest absolute Gasteiger partial charge is 0.0622 e. The maximum absolute atomic E-state index is 2.49. The molecule has 0 saturated heterocycles. The summed E-state index contributed by atoms with van der Waals surface area (Å²) in [6.45, 7) is 0.